The first kappa shape index (κ1) is 14.3. The Kier molecular flexibility index (Phi) is 4.72. The molecule has 16 heavy (non-hydrogen) atoms. The summed E-state index contributed by atoms with van der Waals surface area (Å²) < 4.78 is 34.7. The molecule has 96 valence electrons. The molecule has 2 fully saturated rings. The number of hydrogen-bond acceptors (Lipinski definition) is 2. The molecular weight excluding hydrogens is 282 g/mol. The highest BCUT2D eigenvalue weighted by Crippen LogP contribution is 2.37. The van der Waals surface area contributed by atoms with Gasteiger partial charge in [0.25, 0.3) is 0 Å². The Bertz CT molecular complexity index is 220. The molecule has 0 aliphatic carbocycles. The minimum Gasteiger partial charge on any atom is -0.369 e. The zero-order valence-corrected chi connectivity index (χ0v) is 11.6. The summed E-state index contributed by atoms with van der Waals surface area (Å²) in [6.07, 6.45) is -1.41. The number of alkyl halides is 3. The number of halogens is 3. The van der Waals surface area contributed by atoms with Crippen LogP contribution >= 0.6 is 15.9 Å². The predicted octanol–water partition coefficient (Wildman–Crippen LogP) is 3.03. The van der Waals surface area contributed by atoms with Crippen molar-refractivity contribution in [3.63, 3.8) is 0 Å². The molecule has 2 nitrogen and oxygen atoms in total. The van der Waals surface area contributed by atoms with Crippen molar-refractivity contribution < 1.29 is 18.3 Å². The van der Waals surface area contributed by atoms with E-state index in [9.17, 15) is 8.78 Å². The second kappa shape index (κ2) is 5.27. The van der Waals surface area contributed by atoms with Crippen molar-refractivity contribution in [3.05, 3.63) is 0 Å². The lowest BCUT2D eigenvalue weighted by Crippen LogP contribution is -2.32. The highest BCUT2D eigenvalue weighted by molar-refractivity contribution is 9.09. The number of hydrogen-bond donors (Lipinski definition) is 0. The minimum atomic E-state index is -1.20. The zero-order valence-electron chi connectivity index (χ0n) is 10.0. The zero-order chi connectivity index (χ0) is 12.5. The molecule has 2 aliphatic rings. The fraction of sp³-hybridized carbons (Fsp3) is 1.00. The highest BCUT2D eigenvalue weighted by atomic mass is 79.9. The molecule has 0 spiro atoms. The predicted molar refractivity (Wildman–Crippen MR) is 62.5 cm³/mol. The van der Waals surface area contributed by atoms with Crippen molar-refractivity contribution in [2.24, 2.45) is 0 Å². The molecule has 0 bridgehead atoms. The van der Waals surface area contributed by atoms with E-state index in [0.29, 0.717) is 17.0 Å². The Labute approximate surface area is 104 Å². The minimum absolute atomic E-state index is 0.225. The average molecular weight is 301 g/mol. The quantitative estimate of drug-likeness (QED) is 0.591. The Balaban J connectivity index is 0.000000165. The van der Waals surface area contributed by atoms with Crippen LogP contribution in [0.15, 0.2) is 0 Å². The van der Waals surface area contributed by atoms with Crippen LogP contribution < -0.4 is 0 Å². The molecule has 5 atom stereocenters. The molecule has 2 heterocycles. The van der Waals surface area contributed by atoms with Crippen molar-refractivity contribution in [1.82, 2.24) is 0 Å². The number of ether oxygens (including phenoxy) is 2. The van der Waals surface area contributed by atoms with Crippen LogP contribution in [0.2, 0.25) is 0 Å². The summed E-state index contributed by atoms with van der Waals surface area (Å²) in [5.74, 6) is 0. The van der Waals surface area contributed by atoms with Gasteiger partial charge in [0.15, 0.2) is 5.60 Å². The van der Waals surface area contributed by atoms with Gasteiger partial charge in [0.2, 0.25) is 0 Å². The average Bonchev–Trinajstić information content (AvgIpc) is 2.95. The molecule has 0 aromatic rings. The standard InChI is InChI=1S/C6H10F2O.C5H9BrO/c1-4(7)6(3-9-6)5(2)8;1-3(6)5-4(2)7-5/h4-5H,3H2,1-2H3;3-5H,1-2H3. The van der Waals surface area contributed by atoms with Gasteiger partial charge in [-0.3, -0.25) is 0 Å². The third-order valence-electron chi connectivity index (χ3n) is 3.03. The van der Waals surface area contributed by atoms with Gasteiger partial charge in [-0.2, -0.15) is 0 Å². The number of epoxide rings is 2. The molecule has 0 saturated carbocycles. The van der Waals surface area contributed by atoms with E-state index in [1.54, 1.807) is 0 Å². The SMILES string of the molecule is CC(Br)C1OC1C.CC(F)C1(C(C)F)CO1. The molecular formula is C11H19BrF2O2. The number of rotatable bonds is 3. The first-order chi connectivity index (χ1) is 7.31. The Morgan fingerprint density at radius 1 is 1.25 bits per heavy atom. The smallest absolute Gasteiger partial charge is 0.153 e. The largest absolute Gasteiger partial charge is 0.369 e. The van der Waals surface area contributed by atoms with Crippen LogP contribution in [0.4, 0.5) is 8.78 Å². The Morgan fingerprint density at radius 3 is 1.62 bits per heavy atom. The summed E-state index contributed by atoms with van der Waals surface area (Å²) in [4.78, 5) is 0.530. The molecule has 0 amide bonds. The summed E-state index contributed by atoms with van der Waals surface area (Å²) in [5.41, 5.74) is -1.08. The summed E-state index contributed by atoms with van der Waals surface area (Å²) >= 11 is 3.42. The molecule has 2 aliphatic heterocycles. The fourth-order valence-electron chi connectivity index (χ4n) is 1.54. The lowest BCUT2D eigenvalue weighted by molar-refractivity contribution is 0.0969. The van der Waals surface area contributed by atoms with Crippen LogP contribution in [-0.4, -0.2) is 41.6 Å². The van der Waals surface area contributed by atoms with Crippen LogP contribution in [0.1, 0.15) is 27.7 Å². The van der Waals surface area contributed by atoms with Crippen LogP contribution in [0.25, 0.3) is 0 Å². The fourth-order valence-corrected chi connectivity index (χ4v) is 2.10. The van der Waals surface area contributed by atoms with Crippen molar-refractivity contribution in [3.8, 4) is 0 Å². The van der Waals surface area contributed by atoms with Crippen LogP contribution in [-0.2, 0) is 9.47 Å². The van der Waals surface area contributed by atoms with Crippen molar-refractivity contribution >= 4 is 15.9 Å². The molecule has 2 rings (SSSR count). The van der Waals surface area contributed by atoms with Gasteiger partial charge in [-0.05, 0) is 20.8 Å². The molecule has 5 heteroatoms. The lowest BCUT2D eigenvalue weighted by Gasteiger charge is -2.13. The van der Waals surface area contributed by atoms with E-state index in [2.05, 4.69) is 34.5 Å². The molecule has 0 radical (unpaired) electrons. The highest BCUT2D eigenvalue weighted by Gasteiger charge is 2.55. The lowest BCUT2D eigenvalue weighted by atomic mass is 10.0. The van der Waals surface area contributed by atoms with Gasteiger partial charge in [0.1, 0.15) is 12.3 Å². The summed E-state index contributed by atoms with van der Waals surface area (Å²) in [6.45, 7) is 7.06. The first-order valence-corrected chi connectivity index (χ1v) is 6.44. The maximum absolute atomic E-state index is 12.4. The molecule has 0 N–H and O–H groups in total. The first-order valence-electron chi connectivity index (χ1n) is 5.53. The van der Waals surface area contributed by atoms with Gasteiger partial charge >= 0.3 is 0 Å². The van der Waals surface area contributed by atoms with E-state index < -0.39 is 17.9 Å². The molecule has 0 aromatic carbocycles. The van der Waals surface area contributed by atoms with E-state index in [1.165, 1.54) is 13.8 Å². The molecule has 5 unspecified atom stereocenters. The van der Waals surface area contributed by atoms with Gasteiger partial charge in [0.05, 0.1) is 18.8 Å². The van der Waals surface area contributed by atoms with Crippen LogP contribution in [0, 0.1) is 0 Å². The maximum atomic E-state index is 12.4. The van der Waals surface area contributed by atoms with Gasteiger partial charge in [-0.25, -0.2) is 8.78 Å². The summed E-state index contributed by atoms with van der Waals surface area (Å²) in [6, 6.07) is 0. The molecule has 2 saturated heterocycles. The second-order valence-electron chi connectivity index (χ2n) is 4.46. The van der Waals surface area contributed by atoms with Gasteiger partial charge < -0.3 is 9.47 Å². The van der Waals surface area contributed by atoms with Gasteiger partial charge in [-0.1, -0.05) is 22.9 Å². The van der Waals surface area contributed by atoms with Crippen molar-refractivity contribution in [2.45, 2.75) is 62.7 Å². The van der Waals surface area contributed by atoms with E-state index in [1.807, 2.05) is 0 Å². The van der Waals surface area contributed by atoms with Gasteiger partial charge in [0, 0.05) is 4.83 Å². The van der Waals surface area contributed by atoms with E-state index in [4.69, 9.17) is 4.74 Å². The third kappa shape index (κ3) is 3.37. The summed E-state index contributed by atoms with van der Waals surface area (Å²) in [7, 11) is 0. The summed E-state index contributed by atoms with van der Waals surface area (Å²) in [5, 5.41) is 0. The van der Waals surface area contributed by atoms with Gasteiger partial charge in [-0.15, -0.1) is 0 Å². The maximum Gasteiger partial charge on any atom is 0.153 e. The van der Waals surface area contributed by atoms with E-state index in [0.717, 1.165) is 0 Å². The van der Waals surface area contributed by atoms with Crippen molar-refractivity contribution in [1.29, 1.82) is 0 Å². The van der Waals surface area contributed by atoms with Crippen LogP contribution in [0.5, 0.6) is 0 Å². The normalized spacial score (nSPS) is 41.4. The second-order valence-corrected chi connectivity index (χ2v) is 5.90. The Hall–Kier alpha value is 0.260. The van der Waals surface area contributed by atoms with E-state index in [-0.39, 0.29) is 6.61 Å². The van der Waals surface area contributed by atoms with Crippen molar-refractivity contribution in [2.75, 3.05) is 6.61 Å². The topological polar surface area (TPSA) is 25.1 Å². The monoisotopic (exact) mass is 300 g/mol. The molecule has 0 aromatic heterocycles. The Morgan fingerprint density at radius 2 is 1.62 bits per heavy atom. The van der Waals surface area contributed by atoms with E-state index >= 15 is 0 Å². The third-order valence-corrected chi connectivity index (χ3v) is 3.56. The van der Waals surface area contributed by atoms with Crippen LogP contribution in [0.3, 0.4) is 0 Å².